The highest BCUT2D eigenvalue weighted by molar-refractivity contribution is 7.90. The number of carbonyl (C=O) groups is 2. The molecule has 1 unspecified atom stereocenters. The van der Waals surface area contributed by atoms with Crippen molar-refractivity contribution in [2.24, 2.45) is 0 Å². The Morgan fingerprint density at radius 1 is 1.37 bits per heavy atom. The zero-order valence-electron chi connectivity index (χ0n) is 11.3. The van der Waals surface area contributed by atoms with Crippen molar-refractivity contribution < 1.29 is 23.1 Å². The summed E-state index contributed by atoms with van der Waals surface area (Å²) in [7, 11) is 0.00278. The van der Waals surface area contributed by atoms with E-state index in [0.29, 0.717) is 13.1 Å². The van der Waals surface area contributed by atoms with Gasteiger partial charge in [-0.2, -0.15) is 0 Å². The Balaban J connectivity index is 4.42. The van der Waals surface area contributed by atoms with Crippen LogP contribution in [0.5, 0.6) is 0 Å². The van der Waals surface area contributed by atoms with Gasteiger partial charge in [0.15, 0.2) is 0 Å². The number of carboxylic acid groups (broad SMARTS) is 1. The molecule has 0 aromatic rings. The highest BCUT2D eigenvalue weighted by atomic mass is 32.2. The molecule has 0 heterocycles. The Kier molecular flexibility index (Phi) is 7.38. The number of urea groups is 1. The molecule has 0 aromatic carbocycles. The molecule has 0 fully saturated rings. The van der Waals surface area contributed by atoms with E-state index < -0.39 is 27.9 Å². The number of carboxylic acids is 1. The van der Waals surface area contributed by atoms with Crippen LogP contribution in [-0.4, -0.2) is 75.7 Å². The molecule has 9 heteroatoms. The van der Waals surface area contributed by atoms with Gasteiger partial charge in [-0.3, -0.25) is 0 Å². The Morgan fingerprint density at radius 2 is 1.95 bits per heavy atom. The molecule has 0 aliphatic rings. The molecular formula is C10H21N3O5S. The largest absolute Gasteiger partial charge is 0.480 e. The van der Waals surface area contributed by atoms with Crippen LogP contribution in [0.25, 0.3) is 0 Å². The number of likely N-dealkylation sites (N-methyl/N-ethyl adjacent to an activating group) is 2. The summed E-state index contributed by atoms with van der Waals surface area (Å²) in [6.45, 7) is 0.992. The predicted octanol–water partition coefficient (Wildman–Crippen LogP) is -1.26. The van der Waals surface area contributed by atoms with Crippen molar-refractivity contribution in [3.05, 3.63) is 0 Å². The van der Waals surface area contributed by atoms with Gasteiger partial charge in [0.25, 0.3) is 0 Å². The maximum absolute atomic E-state index is 11.7. The van der Waals surface area contributed by atoms with Crippen LogP contribution in [0.15, 0.2) is 0 Å². The first-order valence-corrected chi connectivity index (χ1v) is 7.80. The normalized spacial score (nSPS) is 12.8. The van der Waals surface area contributed by atoms with E-state index in [1.807, 2.05) is 0 Å². The maximum Gasteiger partial charge on any atom is 0.326 e. The molecule has 3 N–H and O–H groups in total. The fourth-order valence-electron chi connectivity index (χ4n) is 1.23. The van der Waals surface area contributed by atoms with Crippen LogP contribution in [0.1, 0.15) is 6.42 Å². The van der Waals surface area contributed by atoms with Gasteiger partial charge in [0, 0.05) is 26.4 Å². The molecule has 0 aliphatic carbocycles. The molecule has 0 spiro atoms. The quantitative estimate of drug-likeness (QED) is 0.514. The van der Waals surface area contributed by atoms with Crippen molar-refractivity contribution in [2.45, 2.75) is 12.5 Å². The second-order valence-electron chi connectivity index (χ2n) is 4.28. The van der Waals surface area contributed by atoms with Crippen LogP contribution in [0.3, 0.4) is 0 Å². The van der Waals surface area contributed by atoms with Crippen molar-refractivity contribution in [1.29, 1.82) is 0 Å². The number of aliphatic carboxylic acids is 1. The van der Waals surface area contributed by atoms with E-state index in [0.717, 1.165) is 6.26 Å². The molecule has 0 saturated heterocycles. The third-order valence-electron chi connectivity index (χ3n) is 2.42. The van der Waals surface area contributed by atoms with Gasteiger partial charge >= 0.3 is 12.0 Å². The maximum atomic E-state index is 11.7. The predicted molar refractivity (Wildman–Crippen MR) is 70.8 cm³/mol. The van der Waals surface area contributed by atoms with Crippen molar-refractivity contribution in [3.8, 4) is 0 Å². The fourth-order valence-corrected chi connectivity index (χ4v) is 1.89. The second kappa shape index (κ2) is 7.95. The third-order valence-corrected chi connectivity index (χ3v) is 3.39. The van der Waals surface area contributed by atoms with E-state index >= 15 is 0 Å². The molecule has 0 radical (unpaired) electrons. The lowest BCUT2D eigenvalue weighted by molar-refractivity contribution is -0.139. The minimum Gasteiger partial charge on any atom is -0.480 e. The van der Waals surface area contributed by atoms with E-state index in [1.165, 1.54) is 11.9 Å². The van der Waals surface area contributed by atoms with Gasteiger partial charge in [0.1, 0.15) is 15.9 Å². The summed E-state index contributed by atoms with van der Waals surface area (Å²) in [6.07, 6.45) is 0.868. The van der Waals surface area contributed by atoms with Crippen LogP contribution in [0, 0.1) is 0 Å². The molecule has 1 atom stereocenters. The molecule has 8 nitrogen and oxygen atoms in total. The minimum absolute atomic E-state index is 0.153. The summed E-state index contributed by atoms with van der Waals surface area (Å²) in [4.78, 5) is 23.9. The van der Waals surface area contributed by atoms with Gasteiger partial charge in [0.05, 0.1) is 5.75 Å². The highest BCUT2D eigenvalue weighted by Gasteiger charge is 2.22. The van der Waals surface area contributed by atoms with Crippen LogP contribution in [-0.2, 0) is 14.6 Å². The van der Waals surface area contributed by atoms with Gasteiger partial charge in [-0.05, 0) is 13.5 Å². The van der Waals surface area contributed by atoms with Crippen LogP contribution >= 0.6 is 0 Å². The monoisotopic (exact) mass is 295 g/mol. The minimum atomic E-state index is -3.26. The molecule has 2 amide bonds. The van der Waals surface area contributed by atoms with Gasteiger partial charge in [-0.25, -0.2) is 18.0 Å². The number of hydrogen-bond acceptors (Lipinski definition) is 5. The lowest BCUT2D eigenvalue weighted by atomic mass is 10.2. The summed E-state index contributed by atoms with van der Waals surface area (Å²) in [5, 5.41) is 14.1. The lowest BCUT2D eigenvalue weighted by Crippen LogP contribution is -2.48. The summed E-state index contributed by atoms with van der Waals surface area (Å²) in [5.41, 5.74) is 0. The van der Waals surface area contributed by atoms with Crippen molar-refractivity contribution in [2.75, 3.05) is 39.2 Å². The van der Waals surface area contributed by atoms with Gasteiger partial charge in [0.2, 0.25) is 0 Å². The van der Waals surface area contributed by atoms with E-state index in [9.17, 15) is 18.0 Å². The number of amides is 2. The standard InChI is InChI=1S/C10H21N3O5S/c1-11-5-6-13(2)10(16)12-8(9(14)15)4-7-19(3,17)18/h8,11H,4-7H2,1-3H3,(H,12,16)(H,14,15). The van der Waals surface area contributed by atoms with E-state index in [2.05, 4.69) is 10.6 Å². The Hall–Kier alpha value is -1.35. The lowest BCUT2D eigenvalue weighted by Gasteiger charge is -2.21. The fraction of sp³-hybridized carbons (Fsp3) is 0.800. The number of hydrogen-bond donors (Lipinski definition) is 3. The summed E-state index contributed by atoms with van der Waals surface area (Å²) >= 11 is 0. The third kappa shape index (κ3) is 8.38. The van der Waals surface area contributed by atoms with Crippen molar-refractivity contribution in [1.82, 2.24) is 15.5 Å². The molecule has 0 bridgehead atoms. The molecule has 0 rings (SSSR count). The zero-order chi connectivity index (χ0) is 15.1. The number of nitrogens with one attached hydrogen (secondary N) is 2. The highest BCUT2D eigenvalue weighted by Crippen LogP contribution is 1.98. The smallest absolute Gasteiger partial charge is 0.326 e. The average Bonchev–Trinajstić information content (AvgIpc) is 2.29. The van der Waals surface area contributed by atoms with Gasteiger partial charge < -0.3 is 20.6 Å². The topological polar surface area (TPSA) is 116 Å². The van der Waals surface area contributed by atoms with E-state index in [1.54, 1.807) is 7.05 Å². The Bertz CT molecular complexity index is 409. The SMILES string of the molecule is CNCCN(C)C(=O)NC(CCS(C)(=O)=O)C(=O)O. The van der Waals surface area contributed by atoms with Crippen LogP contribution in [0.4, 0.5) is 4.79 Å². The second-order valence-corrected chi connectivity index (χ2v) is 6.54. The van der Waals surface area contributed by atoms with Gasteiger partial charge in [-0.1, -0.05) is 0 Å². The first-order chi connectivity index (χ1) is 8.67. The number of rotatable bonds is 8. The van der Waals surface area contributed by atoms with Crippen LogP contribution < -0.4 is 10.6 Å². The molecule has 19 heavy (non-hydrogen) atoms. The Labute approximate surface area is 113 Å². The Morgan fingerprint density at radius 3 is 2.37 bits per heavy atom. The summed E-state index contributed by atoms with van der Waals surface area (Å²) in [5.74, 6) is -1.54. The van der Waals surface area contributed by atoms with E-state index in [4.69, 9.17) is 5.11 Å². The molecule has 0 saturated carbocycles. The van der Waals surface area contributed by atoms with Crippen molar-refractivity contribution in [3.63, 3.8) is 0 Å². The average molecular weight is 295 g/mol. The molecule has 0 aromatic heterocycles. The van der Waals surface area contributed by atoms with Gasteiger partial charge in [-0.15, -0.1) is 0 Å². The number of nitrogens with zero attached hydrogens (tertiary/aromatic N) is 1. The number of carbonyl (C=O) groups excluding carboxylic acids is 1. The zero-order valence-corrected chi connectivity index (χ0v) is 12.2. The first kappa shape index (κ1) is 17.6. The first-order valence-electron chi connectivity index (χ1n) is 5.74. The summed E-state index contributed by atoms with van der Waals surface area (Å²) in [6, 6.07) is -1.75. The van der Waals surface area contributed by atoms with Crippen molar-refractivity contribution >= 4 is 21.8 Å². The molecule has 112 valence electrons. The molecular weight excluding hydrogens is 274 g/mol. The number of sulfone groups is 1. The van der Waals surface area contributed by atoms with Crippen LogP contribution in [0.2, 0.25) is 0 Å². The molecule has 0 aliphatic heterocycles. The summed E-state index contributed by atoms with van der Waals surface area (Å²) < 4.78 is 22.0. The van der Waals surface area contributed by atoms with E-state index in [-0.39, 0.29) is 12.2 Å².